The number of amides is 1. The lowest BCUT2D eigenvalue weighted by atomic mass is 9.96. The van der Waals surface area contributed by atoms with Gasteiger partial charge in [0.05, 0.1) is 5.56 Å². The van der Waals surface area contributed by atoms with Crippen molar-refractivity contribution in [1.82, 2.24) is 15.2 Å². The average molecular weight is 388 g/mol. The van der Waals surface area contributed by atoms with Gasteiger partial charge in [0.2, 0.25) is 0 Å². The van der Waals surface area contributed by atoms with Gasteiger partial charge in [-0.05, 0) is 71.5 Å². The summed E-state index contributed by atoms with van der Waals surface area (Å²) in [6, 6.07) is 11.6. The first-order chi connectivity index (χ1) is 11.7. The number of hydrogen-bond acceptors (Lipinski definition) is 3. The lowest BCUT2D eigenvalue weighted by Gasteiger charge is -2.32. The summed E-state index contributed by atoms with van der Waals surface area (Å²) in [7, 11) is 0. The highest BCUT2D eigenvalue weighted by atomic mass is 79.9. The number of nitrogens with zero attached hydrogens (tertiary/aromatic N) is 2. The predicted molar refractivity (Wildman–Crippen MR) is 98.7 cm³/mol. The van der Waals surface area contributed by atoms with E-state index in [9.17, 15) is 4.79 Å². The van der Waals surface area contributed by atoms with Crippen LogP contribution in [0.3, 0.4) is 0 Å². The summed E-state index contributed by atoms with van der Waals surface area (Å²) in [4.78, 5) is 18.9. The number of pyridine rings is 1. The summed E-state index contributed by atoms with van der Waals surface area (Å²) in [6.07, 6.45) is 5.99. The maximum absolute atomic E-state index is 12.3. The van der Waals surface area contributed by atoms with Crippen molar-refractivity contribution in [1.29, 1.82) is 0 Å². The molecule has 0 bridgehead atoms. The summed E-state index contributed by atoms with van der Waals surface area (Å²) >= 11 is 3.43. The Balaban J connectivity index is 1.43. The molecule has 1 aromatic carbocycles. The molecule has 0 spiro atoms. The molecule has 1 aliphatic rings. The van der Waals surface area contributed by atoms with Gasteiger partial charge in [0.15, 0.2) is 0 Å². The Morgan fingerprint density at radius 1 is 1.21 bits per heavy atom. The van der Waals surface area contributed by atoms with E-state index in [2.05, 4.69) is 37.2 Å². The number of carbonyl (C=O) groups excluding carboxylic acids is 1. The van der Waals surface area contributed by atoms with Crippen molar-refractivity contribution in [2.24, 2.45) is 5.92 Å². The molecule has 1 fully saturated rings. The topological polar surface area (TPSA) is 45.2 Å². The molecule has 0 saturated carbocycles. The third kappa shape index (κ3) is 4.65. The molecule has 1 N–H and O–H groups in total. The van der Waals surface area contributed by atoms with Crippen LogP contribution >= 0.6 is 15.9 Å². The van der Waals surface area contributed by atoms with Gasteiger partial charge in [-0.25, -0.2) is 0 Å². The molecule has 4 nitrogen and oxygen atoms in total. The van der Waals surface area contributed by atoms with Crippen molar-refractivity contribution in [3.8, 4) is 0 Å². The van der Waals surface area contributed by atoms with Crippen molar-refractivity contribution in [2.75, 3.05) is 19.6 Å². The molecule has 1 saturated heterocycles. The number of carbonyl (C=O) groups is 1. The molecule has 3 rings (SSSR count). The Morgan fingerprint density at radius 3 is 2.71 bits per heavy atom. The van der Waals surface area contributed by atoms with E-state index in [1.54, 1.807) is 0 Å². The number of nitrogens with one attached hydrogen (secondary N) is 1. The lowest BCUT2D eigenvalue weighted by molar-refractivity contribution is 0.0934. The number of halogens is 1. The fraction of sp³-hybridized carbons (Fsp3) is 0.368. The van der Waals surface area contributed by atoms with Crippen LogP contribution in [0.4, 0.5) is 0 Å². The first-order valence-electron chi connectivity index (χ1n) is 8.36. The number of benzene rings is 1. The van der Waals surface area contributed by atoms with Crippen molar-refractivity contribution in [2.45, 2.75) is 19.4 Å². The number of aromatic nitrogens is 1. The zero-order valence-corrected chi connectivity index (χ0v) is 15.2. The van der Waals surface area contributed by atoms with E-state index in [4.69, 9.17) is 0 Å². The Morgan fingerprint density at radius 2 is 2.00 bits per heavy atom. The standard InChI is InChI=1S/C19H22BrN3O/c20-18-6-2-1-5-17(18)19(24)22-13-15-7-10-23(11-8-15)14-16-4-3-9-21-12-16/h1-6,9,12,15H,7-8,10-11,13-14H2,(H,22,24). The van der Waals surface area contributed by atoms with Gasteiger partial charge < -0.3 is 5.32 Å². The smallest absolute Gasteiger partial charge is 0.252 e. The van der Waals surface area contributed by atoms with Gasteiger partial charge in [-0.2, -0.15) is 0 Å². The molecule has 1 aliphatic heterocycles. The highest BCUT2D eigenvalue weighted by Crippen LogP contribution is 2.19. The van der Waals surface area contributed by atoms with Gasteiger partial charge in [-0.1, -0.05) is 18.2 Å². The van der Waals surface area contributed by atoms with E-state index in [0.717, 1.165) is 43.5 Å². The van der Waals surface area contributed by atoms with Crippen molar-refractivity contribution < 1.29 is 4.79 Å². The van der Waals surface area contributed by atoms with E-state index >= 15 is 0 Å². The fourth-order valence-electron chi connectivity index (χ4n) is 3.08. The van der Waals surface area contributed by atoms with Crippen LogP contribution in [-0.2, 0) is 6.54 Å². The Labute approximate surface area is 151 Å². The minimum absolute atomic E-state index is 0.000245. The van der Waals surface area contributed by atoms with E-state index in [0.29, 0.717) is 11.5 Å². The van der Waals surface area contributed by atoms with Gasteiger partial charge in [0.25, 0.3) is 5.91 Å². The van der Waals surface area contributed by atoms with Crippen LogP contribution in [0.5, 0.6) is 0 Å². The maximum Gasteiger partial charge on any atom is 0.252 e. The van der Waals surface area contributed by atoms with Gasteiger partial charge in [0, 0.05) is 30.0 Å². The Hall–Kier alpha value is -1.72. The molecule has 0 atom stereocenters. The molecule has 1 amide bonds. The molecule has 1 aromatic heterocycles. The molecule has 5 heteroatoms. The molecule has 126 valence electrons. The van der Waals surface area contributed by atoms with E-state index < -0.39 is 0 Å². The molecule has 0 radical (unpaired) electrons. The van der Waals surface area contributed by atoms with Crippen molar-refractivity contribution in [3.63, 3.8) is 0 Å². The normalized spacial score (nSPS) is 16.0. The van der Waals surface area contributed by atoms with Crippen LogP contribution in [0.2, 0.25) is 0 Å². The Kier molecular flexibility index (Phi) is 5.99. The summed E-state index contributed by atoms with van der Waals surface area (Å²) in [5.74, 6) is 0.557. The SMILES string of the molecule is O=C(NCC1CCN(Cc2cccnc2)CC1)c1ccccc1Br. The van der Waals surface area contributed by atoms with Crippen LogP contribution in [0, 0.1) is 5.92 Å². The second kappa shape index (κ2) is 8.40. The highest BCUT2D eigenvalue weighted by molar-refractivity contribution is 9.10. The molecule has 2 heterocycles. The summed E-state index contributed by atoms with van der Waals surface area (Å²) in [6.45, 7) is 3.86. The second-order valence-corrected chi connectivity index (χ2v) is 7.13. The number of likely N-dealkylation sites (tertiary alicyclic amines) is 1. The van der Waals surface area contributed by atoms with Gasteiger partial charge in [-0.3, -0.25) is 14.7 Å². The lowest BCUT2D eigenvalue weighted by Crippen LogP contribution is -2.38. The number of hydrogen-bond donors (Lipinski definition) is 1. The summed E-state index contributed by atoms with van der Waals surface area (Å²) in [5, 5.41) is 3.08. The van der Waals surface area contributed by atoms with Gasteiger partial charge in [0.1, 0.15) is 0 Å². The first-order valence-corrected chi connectivity index (χ1v) is 9.15. The minimum atomic E-state index is 0.000245. The Bertz CT molecular complexity index is 669. The molecule has 24 heavy (non-hydrogen) atoms. The average Bonchev–Trinajstić information content (AvgIpc) is 2.62. The fourth-order valence-corrected chi connectivity index (χ4v) is 3.54. The van der Waals surface area contributed by atoms with Gasteiger partial charge >= 0.3 is 0 Å². The van der Waals surface area contributed by atoms with E-state index in [-0.39, 0.29) is 5.91 Å². The van der Waals surface area contributed by atoms with Gasteiger partial charge in [-0.15, -0.1) is 0 Å². The molecular formula is C19H22BrN3O. The van der Waals surface area contributed by atoms with Crippen LogP contribution in [-0.4, -0.2) is 35.4 Å². The third-order valence-corrected chi connectivity index (χ3v) is 5.20. The quantitative estimate of drug-likeness (QED) is 0.853. The highest BCUT2D eigenvalue weighted by Gasteiger charge is 2.20. The van der Waals surface area contributed by atoms with Crippen LogP contribution in [0.1, 0.15) is 28.8 Å². The minimum Gasteiger partial charge on any atom is -0.352 e. The van der Waals surface area contributed by atoms with Crippen molar-refractivity contribution >= 4 is 21.8 Å². The summed E-state index contributed by atoms with van der Waals surface area (Å²) < 4.78 is 0.841. The molecule has 2 aromatic rings. The molecular weight excluding hydrogens is 366 g/mol. The van der Waals surface area contributed by atoms with Crippen LogP contribution in [0.15, 0.2) is 53.3 Å². The third-order valence-electron chi connectivity index (χ3n) is 4.51. The molecule has 0 aliphatic carbocycles. The van der Waals surface area contributed by atoms with E-state index in [1.807, 2.05) is 42.7 Å². The maximum atomic E-state index is 12.3. The number of rotatable bonds is 5. The molecule has 0 unspecified atom stereocenters. The second-order valence-electron chi connectivity index (χ2n) is 6.27. The summed E-state index contributed by atoms with van der Waals surface area (Å²) in [5.41, 5.74) is 1.96. The zero-order chi connectivity index (χ0) is 16.8. The van der Waals surface area contributed by atoms with Crippen LogP contribution in [0.25, 0.3) is 0 Å². The van der Waals surface area contributed by atoms with E-state index in [1.165, 1.54) is 5.56 Å². The zero-order valence-electron chi connectivity index (χ0n) is 13.6. The number of piperidine rings is 1. The predicted octanol–water partition coefficient (Wildman–Crippen LogP) is 3.49. The van der Waals surface area contributed by atoms with Crippen LogP contribution < -0.4 is 5.32 Å². The van der Waals surface area contributed by atoms with Crippen molar-refractivity contribution in [3.05, 3.63) is 64.4 Å². The first kappa shape index (κ1) is 17.1. The monoisotopic (exact) mass is 387 g/mol. The largest absolute Gasteiger partial charge is 0.352 e.